The van der Waals surface area contributed by atoms with Crippen LogP contribution in [0.2, 0.25) is 0 Å². The van der Waals surface area contributed by atoms with Crippen LogP contribution in [0.15, 0.2) is 72.9 Å². The molecular formula is C24H20N4O3. The summed E-state index contributed by atoms with van der Waals surface area (Å²) in [6.07, 6.45) is 2.20. The van der Waals surface area contributed by atoms with Crippen molar-refractivity contribution in [2.75, 3.05) is 11.9 Å². The summed E-state index contributed by atoms with van der Waals surface area (Å²) in [5.74, 6) is -0.824. The first-order valence-corrected chi connectivity index (χ1v) is 10.0. The molecule has 1 unspecified atom stereocenters. The molecule has 1 aliphatic rings. The lowest BCUT2D eigenvalue weighted by atomic mass is 10.1. The molecule has 4 amide bonds. The van der Waals surface area contributed by atoms with E-state index in [4.69, 9.17) is 0 Å². The number of hydrogen-bond donors (Lipinski definition) is 3. The minimum Gasteiger partial charge on any atom is -0.361 e. The molecule has 0 saturated carbocycles. The first kappa shape index (κ1) is 18.9. The second-order valence-electron chi connectivity index (χ2n) is 7.60. The Morgan fingerprint density at radius 1 is 0.968 bits per heavy atom. The average Bonchev–Trinajstić information content (AvgIpc) is 3.30. The Morgan fingerprint density at radius 2 is 1.74 bits per heavy atom. The summed E-state index contributed by atoms with van der Waals surface area (Å²) >= 11 is 0. The summed E-state index contributed by atoms with van der Waals surface area (Å²) < 4.78 is 0. The molecule has 3 N–H and O–H groups in total. The van der Waals surface area contributed by atoms with Crippen LogP contribution in [-0.4, -0.2) is 40.3 Å². The highest BCUT2D eigenvalue weighted by Crippen LogP contribution is 2.22. The van der Waals surface area contributed by atoms with Crippen LogP contribution in [0, 0.1) is 0 Å². The molecule has 1 aromatic heterocycles. The maximum atomic E-state index is 12.8. The quantitative estimate of drug-likeness (QED) is 0.439. The number of hydrogen-bond acceptors (Lipinski definition) is 3. The van der Waals surface area contributed by atoms with Crippen molar-refractivity contribution in [1.82, 2.24) is 15.2 Å². The number of imide groups is 1. The molecule has 3 aromatic carbocycles. The van der Waals surface area contributed by atoms with Crippen molar-refractivity contribution in [1.29, 1.82) is 0 Å². The Morgan fingerprint density at radius 3 is 2.61 bits per heavy atom. The van der Waals surface area contributed by atoms with E-state index in [0.717, 1.165) is 32.1 Å². The number of fused-ring (bicyclic) bond motifs is 2. The van der Waals surface area contributed by atoms with Crippen molar-refractivity contribution in [2.24, 2.45) is 0 Å². The van der Waals surface area contributed by atoms with E-state index < -0.39 is 23.9 Å². The van der Waals surface area contributed by atoms with E-state index in [2.05, 4.69) is 15.6 Å². The molecule has 0 radical (unpaired) electrons. The van der Waals surface area contributed by atoms with Gasteiger partial charge in [0.2, 0.25) is 5.91 Å². The van der Waals surface area contributed by atoms with Crippen LogP contribution in [0.1, 0.15) is 5.56 Å². The maximum absolute atomic E-state index is 12.8. The summed E-state index contributed by atoms with van der Waals surface area (Å²) in [4.78, 5) is 41.8. The second kappa shape index (κ2) is 7.60. The number of nitrogens with zero attached hydrogens (tertiary/aromatic N) is 1. The van der Waals surface area contributed by atoms with Gasteiger partial charge >= 0.3 is 6.03 Å². The highest BCUT2D eigenvalue weighted by Gasteiger charge is 2.39. The van der Waals surface area contributed by atoms with Crippen LogP contribution < -0.4 is 10.6 Å². The topological polar surface area (TPSA) is 94.3 Å². The lowest BCUT2D eigenvalue weighted by Gasteiger charge is -2.13. The van der Waals surface area contributed by atoms with Crippen LogP contribution in [0.25, 0.3) is 21.7 Å². The van der Waals surface area contributed by atoms with Gasteiger partial charge in [0.1, 0.15) is 12.6 Å². The highest BCUT2D eigenvalue weighted by atomic mass is 16.2. The van der Waals surface area contributed by atoms with E-state index >= 15 is 0 Å². The number of urea groups is 1. The Hall–Kier alpha value is -4.13. The predicted octanol–water partition coefficient (Wildman–Crippen LogP) is 3.42. The zero-order valence-corrected chi connectivity index (χ0v) is 16.6. The van der Waals surface area contributed by atoms with Gasteiger partial charge in [-0.1, -0.05) is 48.5 Å². The number of amides is 4. The normalized spacial score (nSPS) is 16.1. The zero-order valence-electron chi connectivity index (χ0n) is 16.6. The fourth-order valence-electron chi connectivity index (χ4n) is 4.00. The molecule has 1 atom stereocenters. The van der Waals surface area contributed by atoms with Crippen molar-refractivity contribution in [3.05, 3.63) is 78.5 Å². The molecule has 2 heterocycles. The van der Waals surface area contributed by atoms with E-state index in [1.165, 1.54) is 0 Å². The van der Waals surface area contributed by atoms with Gasteiger partial charge in [-0.3, -0.25) is 14.5 Å². The van der Waals surface area contributed by atoms with Crippen LogP contribution >= 0.6 is 0 Å². The highest BCUT2D eigenvalue weighted by molar-refractivity contribution is 6.08. The van der Waals surface area contributed by atoms with Crippen molar-refractivity contribution in [2.45, 2.75) is 12.5 Å². The Labute approximate surface area is 178 Å². The van der Waals surface area contributed by atoms with Crippen molar-refractivity contribution in [3.8, 4) is 0 Å². The molecule has 1 fully saturated rings. The predicted molar refractivity (Wildman–Crippen MR) is 119 cm³/mol. The Bertz CT molecular complexity index is 1330. The summed E-state index contributed by atoms with van der Waals surface area (Å²) in [6, 6.07) is 19.9. The molecule has 7 nitrogen and oxygen atoms in total. The van der Waals surface area contributed by atoms with Crippen LogP contribution in [0.4, 0.5) is 10.5 Å². The van der Waals surface area contributed by atoms with Crippen LogP contribution in [-0.2, 0) is 16.0 Å². The minimum atomic E-state index is -0.694. The molecule has 4 aromatic rings. The molecule has 154 valence electrons. The number of nitrogens with one attached hydrogen (secondary N) is 3. The third-order valence-corrected chi connectivity index (χ3v) is 5.54. The summed E-state index contributed by atoms with van der Waals surface area (Å²) in [7, 11) is 0. The molecule has 5 rings (SSSR count). The van der Waals surface area contributed by atoms with Crippen molar-refractivity contribution in [3.63, 3.8) is 0 Å². The summed E-state index contributed by atoms with van der Waals surface area (Å²) in [5, 5.41) is 8.53. The standard InChI is InChI=1S/C24H20N4O3/c29-22(26-18-10-9-15-5-1-2-6-16(15)11-18)14-28-23(30)21(27-24(28)31)12-17-13-25-20-8-4-3-7-19(17)20/h1-11,13,21,25H,12,14H2,(H,26,29)(H,27,31). The number of aromatic amines is 1. The maximum Gasteiger partial charge on any atom is 0.325 e. The molecule has 0 spiro atoms. The number of carbonyl (C=O) groups is 3. The first-order valence-electron chi connectivity index (χ1n) is 10.0. The molecule has 7 heteroatoms. The monoisotopic (exact) mass is 412 g/mol. The molecule has 1 saturated heterocycles. The van der Waals surface area contributed by atoms with Gasteiger partial charge < -0.3 is 15.6 Å². The fraction of sp³-hybridized carbons (Fsp3) is 0.125. The first-order chi connectivity index (χ1) is 15.1. The molecule has 0 aliphatic carbocycles. The Balaban J connectivity index is 1.26. The van der Waals surface area contributed by atoms with Crippen LogP contribution in [0.3, 0.4) is 0 Å². The van der Waals surface area contributed by atoms with Gasteiger partial charge in [-0.15, -0.1) is 0 Å². The van der Waals surface area contributed by atoms with E-state index in [-0.39, 0.29) is 6.54 Å². The molecule has 0 bridgehead atoms. The largest absolute Gasteiger partial charge is 0.361 e. The number of H-pyrrole nitrogens is 1. The van der Waals surface area contributed by atoms with Crippen molar-refractivity contribution >= 4 is 45.2 Å². The average molecular weight is 412 g/mol. The summed E-state index contributed by atoms with van der Waals surface area (Å²) in [6.45, 7) is -0.331. The number of carbonyl (C=O) groups excluding carboxylic acids is 3. The fourth-order valence-corrected chi connectivity index (χ4v) is 4.00. The number of aromatic nitrogens is 1. The number of para-hydroxylation sites is 1. The lowest BCUT2D eigenvalue weighted by molar-refractivity contribution is -0.130. The SMILES string of the molecule is O=C(CN1C(=O)NC(Cc2c[nH]c3ccccc23)C1=O)Nc1ccc2ccccc2c1. The van der Waals surface area contributed by atoms with Gasteiger partial charge in [-0.25, -0.2) is 4.79 Å². The molecule has 31 heavy (non-hydrogen) atoms. The smallest absolute Gasteiger partial charge is 0.325 e. The molecule has 1 aliphatic heterocycles. The summed E-state index contributed by atoms with van der Waals surface area (Å²) in [5.41, 5.74) is 2.53. The Kier molecular flexibility index (Phi) is 4.63. The minimum absolute atomic E-state index is 0.331. The third kappa shape index (κ3) is 3.61. The van der Waals surface area contributed by atoms with E-state index in [1.54, 1.807) is 6.07 Å². The number of rotatable bonds is 5. The van der Waals surface area contributed by atoms with E-state index in [1.807, 2.05) is 66.9 Å². The van der Waals surface area contributed by atoms with E-state index in [0.29, 0.717) is 12.1 Å². The second-order valence-corrected chi connectivity index (χ2v) is 7.60. The van der Waals surface area contributed by atoms with Gasteiger partial charge in [0.15, 0.2) is 0 Å². The van der Waals surface area contributed by atoms with Gasteiger partial charge in [0, 0.05) is 29.2 Å². The lowest BCUT2D eigenvalue weighted by Crippen LogP contribution is -2.38. The van der Waals surface area contributed by atoms with Gasteiger partial charge in [-0.2, -0.15) is 0 Å². The molecular weight excluding hydrogens is 392 g/mol. The van der Waals surface area contributed by atoms with Gasteiger partial charge in [0.25, 0.3) is 5.91 Å². The zero-order chi connectivity index (χ0) is 21.4. The van der Waals surface area contributed by atoms with Gasteiger partial charge in [-0.05, 0) is 34.5 Å². The number of benzene rings is 3. The van der Waals surface area contributed by atoms with E-state index in [9.17, 15) is 14.4 Å². The van der Waals surface area contributed by atoms with Gasteiger partial charge in [0.05, 0.1) is 0 Å². The van der Waals surface area contributed by atoms with Crippen LogP contribution in [0.5, 0.6) is 0 Å². The number of anilines is 1. The third-order valence-electron chi connectivity index (χ3n) is 5.54. The van der Waals surface area contributed by atoms with Crippen molar-refractivity contribution < 1.29 is 14.4 Å².